The number of benzene rings is 2. The summed E-state index contributed by atoms with van der Waals surface area (Å²) in [6.45, 7) is 1.21. The van der Waals surface area contributed by atoms with Crippen molar-refractivity contribution in [1.82, 2.24) is 14.5 Å². The zero-order valence-electron chi connectivity index (χ0n) is 21.2. The van der Waals surface area contributed by atoms with Gasteiger partial charge < -0.3 is 15.0 Å². The van der Waals surface area contributed by atoms with Gasteiger partial charge in [-0.2, -0.15) is 0 Å². The number of hydrogen-bond acceptors (Lipinski definition) is 6. The first-order chi connectivity index (χ1) is 17.8. The first-order valence-corrected chi connectivity index (χ1v) is 14.1. The lowest BCUT2D eigenvalue weighted by Gasteiger charge is -2.33. The van der Waals surface area contributed by atoms with E-state index in [2.05, 4.69) is 5.32 Å². The van der Waals surface area contributed by atoms with Crippen LogP contribution < -0.4 is 10.1 Å². The minimum absolute atomic E-state index is 0.0408. The van der Waals surface area contributed by atoms with E-state index in [1.165, 1.54) is 23.1 Å². The number of fused-ring (bicyclic) bond motifs is 1. The number of ether oxygens (including phenoxy) is 1. The Kier molecular flexibility index (Phi) is 8.16. The first kappa shape index (κ1) is 26.7. The van der Waals surface area contributed by atoms with Crippen LogP contribution in [0.5, 0.6) is 5.75 Å². The summed E-state index contributed by atoms with van der Waals surface area (Å²) in [5, 5.41) is 3.09. The molecule has 0 radical (unpaired) electrons. The maximum absolute atomic E-state index is 13.7. The highest BCUT2D eigenvalue weighted by Crippen LogP contribution is 2.30. The lowest BCUT2D eigenvalue weighted by molar-refractivity contribution is -0.141. The van der Waals surface area contributed by atoms with Gasteiger partial charge in [-0.25, -0.2) is 12.7 Å². The molecule has 4 rings (SSSR count). The molecule has 9 nitrogen and oxygen atoms in total. The van der Waals surface area contributed by atoms with Crippen molar-refractivity contribution in [2.45, 2.75) is 69.0 Å². The van der Waals surface area contributed by atoms with Gasteiger partial charge in [-0.05, 0) is 49.1 Å². The third-order valence-corrected chi connectivity index (χ3v) is 8.83. The Bertz CT molecular complexity index is 1260. The van der Waals surface area contributed by atoms with E-state index in [0.717, 1.165) is 37.7 Å². The van der Waals surface area contributed by atoms with Crippen LogP contribution in [-0.4, -0.2) is 61.1 Å². The van der Waals surface area contributed by atoms with Gasteiger partial charge in [0.05, 0.1) is 12.7 Å². The molecule has 1 heterocycles. The van der Waals surface area contributed by atoms with Crippen molar-refractivity contribution in [3.05, 3.63) is 59.7 Å². The van der Waals surface area contributed by atoms with Crippen molar-refractivity contribution in [3.63, 3.8) is 0 Å². The third kappa shape index (κ3) is 5.64. The Labute approximate surface area is 217 Å². The molecule has 1 saturated carbocycles. The molecule has 1 N–H and O–H groups in total. The van der Waals surface area contributed by atoms with Gasteiger partial charge in [0.15, 0.2) is 0 Å². The lowest BCUT2D eigenvalue weighted by atomic mass is 9.95. The Morgan fingerprint density at radius 2 is 1.76 bits per heavy atom. The minimum Gasteiger partial charge on any atom is -0.497 e. The van der Waals surface area contributed by atoms with Crippen LogP contribution >= 0.6 is 0 Å². The van der Waals surface area contributed by atoms with Crippen LogP contribution in [0.1, 0.15) is 61.4 Å². The summed E-state index contributed by atoms with van der Waals surface area (Å²) < 4.78 is 31.9. The van der Waals surface area contributed by atoms with E-state index in [1.807, 2.05) is 6.92 Å². The zero-order valence-corrected chi connectivity index (χ0v) is 22.0. The molecule has 1 atom stereocenters. The molecular weight excluding hydrogens is 494 g/mol. The number of sulfonamides is 1. The Hall–Kier alpha value is -3.40. The van der Waals surface area contributed by atoms with Gasteiger partial charge in [0.2, 0.25) is 11.8 Å². The quantitative estimate of drug-likeness (QED) is 0.536. The number of hydrogen-bond donors (Lipinski definition) is 1. The summed E-state index contributed by atoms with van der Waals surface area (Å²) in [6.07, 6.45) is 5.37. The minimum atomic E-state index is -4.16. The van der Waals surface area contributed by atoms with Crippen molar-refractivity contribution in [2.24, 2.45) is 0 Å². The summed E-state index contributed by atoms with van der Waals surface area (Å²) in [5.74, 6) is -0.982. The highest BCUT2D eigenvalue weighted by molar-refractivity contribution is 7.90. The molecule has 3 amide bonds. The first-order valence-electron chi connectivity index (χ1n) is 12.6. The Balaban J connectivity index is 1.60. The molecule has 0 saturated heterocycles. The second kappa shape index (κ2) is 11.3. The molecule has 198 valence electrons. The summed E-state index contributed by atoms with van der Waals surface area (Å²) in [7, 11) is -2.61. The van der Waals surface area contributed by atoms with Gasteiger partial charge in [0.25, 0.3) is 15.9 Å². The third-order valence-electron chi connectivity index (χ3n) is 7.04. The van der Waals surface area contributed by atoms with E-state index >= 15 is 0 Å². The molecule has 2 aromatic rings. The number of rotatable bonds is 9. The highest BCUT2D eigenvalue weighted by atomic mass is 32.2. The monoisotopic (exact) mass is 527 g/mol. The number of nitrogens with one attached hydrogen (secondary N) is 1. The molecule has 1 aliphatic heterocycles. The molecule has 37 heavy (non-hydrogen) atoms. The van der Waals surface area contributed by atoms with Crippen molar-refractivity contribution < 1.29 is 27.5 Å². The van der Waals surface area contributed by atoms with Gasteiger partial charge in [0.1, 0.15) is 23.2 Å². The number of methoxy groups -OCH3 is 1. The molecule has 0 bridgehead atoms. The van der Waals surface area contributed by atoms with E-state index in [1.54, 1.807) is 37.4 Å². The number of nitrogens with zero attached hydrogens (tertiary/aromatic N) is 2. The number of carbonyl (C=O) groups excluding carboxylic acids is 3. The SMILES string of the molecule is CC[C@@H](C(=O)NC1CCCCC1)N(Cc1ccc(OC)cc1)C(=O)CN1C(=O)c2ccccc2S1(=O)=O. The maximum atomic E-state index is 13.7. The van der Waals surface area contributed by atoms with Gasteiger partial charge in [-0.3, -0.25) is 14.4 Å². The predicted molar refractivity (Wildman–Crippen MR) is 137 cm³/mol. The smallest absolute Gasteiger partial charge is 0.269 e. The van der Waals surface area contributed by atoms with E-state index in [9.17, 15) is 22.8 Å². The molecule has 0 aromatic heterocycles. The topological polar surface area (TPSA) is 113 Å². The average Bonchev–Trinajstić information content (AvgIpc) is 3.10. The summed E-state index contributed by atoms with van der Waals surface area (Å²) in [4.78, 5) is 41.2. The lowest BCUT2D eigenvalue weighted by Crippen LogP contribution is -2.53. The Morgan fingerprint density at radius 3 is 2.38 bits per heavy atom. The van der Waals surface area contributed by atoms with E-state index in [4.69, 9.17) is 4.74 Å². The van der Waals surface area contributed by atoms with Crippen molar-refractivity contribution >= 4 is 27.7 Å². The van der Waals surface area contributed by atoms with Crippen LogP contribution in [0.15, 0.2) is 53.4 Å². The molecule has 0 spiro atoms. The van der Waals surface area contributed by atoms with Crippen LogP contribution in [0.25, 0.3) is 0 Å². The second-order valence-corrected chi connectivity index (χ2v) is 11.3. The van der Waals surface area contributed by atoms with Gasteiger partial charge in [0, 0.05) is 12.6 Å². The van der Waals surface area contributed by atoms with Gasteiger partial charge in [-0.1, -0.05) is 50.5 Å². The molecular formula is C27H33N3O6S. The van der Waals surface area contributed by atoms with Gasteiger partial charge in [-0.15, -0.1) is 0 Å². The largest absolute Gasteiger partial charge is 0.497 e. The fraction of sp³-hybridized carbons (Fsp3) is 0.444. The highest BCUT2D eigenvalue weighted by Gasteiger charge is 2.43. The molecule has 2 aromatic carbocycles. The maximum Gasteiger partial charge on any atom is 0.269 e. The van der Waals surface area contributed by atoms with E-state index < -0.39 is 34.4 Å². The van der Waals surface area contributed by atoms with Crippen LogP contribution in [-0.2, 0) is 26.2 Å². The molecule has 0 unspecified atom stereocenters. The average molecular weight is 528 g/mol. The summed E-state index contributed by atoms with van der Waals surface area (Å²) >= 11 is 0. The van der Waals surface area contributed by atoms with Gasteiger partial charge >= 0.3 is 0 Å². The number of carbonyl (C=O) groups is 3. The van der Waals surface area contributed by atoms with Crippen molar-refractivity contribution in [1.29, 1.82) is 0 Å². The fourth-order valence-corrected chi connectivity index (χ4v) is 6.51. The fourth-order valence-electron chi connectivity index (χ4n) is 4.99. The van der Waals surface area contributed by atoms with Crippen LogP contribution in [0.4, 0.5) is 0 Å². The van der Waals surface area contributed by atoms with Crippen molar-refractivity contribution in [3.8, 4) is 5.75 Å². The summed E-state index contributed by atoms with van der Waals surface area (Å²) in [5.41, 5.74) is 0.788. The van der Waals surface area contributed by atoms with E-state index in [-0.39, 0.29) is 29.0 Å². The van der Waals surface area contributed by atoms with Crippen LogP contribution in [0.2, 0.25) is 0 Å². The molecule has 2 aliphatic rings. The standard InChI is InChI=1S/C27H33N3O6S/c1-3-23(26(32)28-20-9-5-4-6-10-20)29(17-19-13-15-21(36-2)16-14-19)25(31)18-30-27(33)22-11-7-8-12-24(22)37(30,34)35/h7-8,11-16,20,23H,3-6,9-10,17-18H2,1-2H3,(H,28,32)/t23-/m0/s1. The van der Waals surface area contributed by atoms with Crippen molar-refractivity contribution in [2.75, 3.05) is 13.7 Å². The molecule has 10 heteroatoms. The zero-order chi connectivity index (χ0) is 26.6. The molecule has 1 fully saturated rings. The summed E-state index contributed by atoms with van der Waals surface area (Å²) in [6, 6.07) is 12.2. The molecule has 1 aliphatic carbocycles. The van der Waals surface area contributed by atoms with E-state index in [0.29, 0.717) is 16.5 Å². The predicted octanol–water partition coefficient (Wildman–Crippen LogP) is 3.10. The van der Waals surface area contributed by atoms with Crippen LogP contribution in [0.3, 0.4) is 0 Å². The second-order valence-electron chi connectivity index (χ2n) is 9.45. The van der Waals surface area contributed by atoms with Crippen LogP contribution in [0, 0.1) is 0 Å². The normalized spacial score (nSPS) is 17.7. The number of amides is 3. The Morgan fingerprint density at radius 1 is 1.08 bits per heavy atom.